The highest BCUT2D eigenvalue weighted by Gasteiger charge is 2.39. The number of anilines is 1. The van der Waals surface area contributed by atoms with E-state index < -0.39 is 12.1 Å². The van der Waals surface area contributed by atoms with Gasteiger partial charge in [0, 0.05) is 18.1 Å². The molecule has 0 atom stereocenters. The summed E-state index contributed by atoms with van der Waals surface area (Å²) >= 11 is 0. The molecule has 1 aromatic carbocycles. The van der Waals surface area contributed by atoms with Gasteiger partial charge in [0.2, 0.25) is 0 Å². The first-order valence-electron chi connectivity index (χ1n) is 6.18. The topological polar surface area (TPSA) is 43.3 Å². The fraction of sp³-hybridized carbons (Fsp3) is 0.357. The lowest BCUT2D eigenvalue weighted by molar-refractivity contribution is -0.167. The minimum absolute atomic E-state index is 0.00655. The molecule has 2 aromatic rings. The van der Waals surface area contributed by atoms with E-state index in [-0.39, 0.29) is 11.4 Å². The Labute approximate surface area is 119 Å². The van der Waals surface area contributed by atoms with Crippen LogP contribution in [-0.2, 0) is 11.8 Å². The van der Waals surface area contributed by atoms with Gasteiger partial charge >= 0.3 is 12.1 Å². The van der Waals surface area contributed by atoms with Crippen molar-refractivity contribution in [1.29, 1.82) is 0 Å². The maximum absolute atomic E-state index is 12.4. The van der Waals surface area contributed by atoms with Gasteiger partial charge in [0.25, 0.3) is 0 Å². The summed E-state index contributed by atoms with van der Waals surface area (Å²) in [4.78, 5) is 11.1. The summed E-state index contributed by atoms with van der Waals surface area (Å²) in [5.74, 6) is -1.84. The van der Waals surface area contributed by atoms with Crippen LogP contribution < -0.4 is 10.1 Å². The van der Waals surface area contributed by atoms with Crippen molar-refractivity contribution in [3.63, 3.8) is 0 Å². The number of aromatic nitrogens is 1. The number of alkyl halides is 3. The Balaban J connectivity index is 2.58. The van der Waals surface area contributed by atoms with E-state index in [4.69, 9.17) is 4.74 Å². The van der Waals surface area contributed by atoms with Gasteiger partial charge in [-0.1, -0.05) is 0 Å². The Morgan fingerprint density at radius 2 is 1.90 bits per heavy atom. The molecule has 0 aliphatic heterocycles. The first-order valence-corrected chi connectivity index (χ1v) is 6.18. The van der Waals surface area contributed by atoms with Crippen molar-refractivity contribution in [2.24, 2.45) is 7.05 Å². The molecular weight excluding hydrogens is 285 g/mol. The van der Waals surface area contributed by atoms with Gasteiger partial charge in [0.1, 0.15) is 5.75 Å². The van der Waals surface area contributed by atoms with Crippen molar-refractivity contribution in [2.45, 2.75) is 20.0 Å². The van der Waals surface area contributed by atoms with E-state index in [2.05, 4.69) is 0 Å². The molecule has 0 spiro atoms. The standard InChI is InChI=1S/C14H15F3N2O2/c1-7-8(2)19(3)11-6-10(12(21-4)5-9(7)11)18-13(20)14(15,16)17/h5-6H,1-4H3,(H,18,20). The zero-order valence-electron chi connectivity index (χ0n) is 12.1. The summed E-state index contributed by atoms with van der Waals surface area (Å²) in [6.45, 7) is 3.83. The highest BCUT2D eigenvalue weighted by molar-refractivity contribution is 5.99. The maximum Gasteiger partial charge on any atom is 0.471 e. The molecule has 1 N–H and O–H groups in total. The van der Waals surface area contributed by atoms with Gasteiger partial charge in [-0.15, -0.1) is 0 Å². The van der Waals surface area contributed by atoms with Gasteiger partial charge in [-0.3, -0.25) is 4.79 Å². The zero-order valence-corrected chi connectivity index (χ0v) is 12.1. The van der Waals surface area contributed by atoms with Crippen LogP contribution in [0.2, 0.25) is 0 Å². The minimum atomic E-state index is -4.94. The lowest BCUT2D eigenvalue weighted by Crippen LogP contribution is -2.30. The summed E-state index contributed by atoms with van der Waals surface area (Å²) in [5.41, 5.74) is 2.72. The molecule has 0 bridgehead atoms. The van der Waals surface area contributed by atoms with E-state index in [9.17, 15) is 18.0 Å². The Bertz CT molecular complexity index is 717. The van der Waals surface area contributed by atoms with Crippen LogP contribution in [0.3, 0.4) is 0 Å². The first-order chi connectivity index (χ1) is 9.66. The number of fused-ring (bicyclic) bond motifs is 1. The van der Waals surface area contributed by atoms with Crippen molar-refractivity contribution in [1.82, 2.24) is 4.57 Å². The Hall–Kier alpha value is -2.18. The zero-order chi connectivity index (χ0) is 15.9. The average molecular weight is 300 g/mol. The summed E-state index contributed by atoms with van der Waals surface area (Å²) in [7, 11) is 3.15. The van der Waals surface area contributed by atoms with Crippen molar-refractivity contribution < 1.29 is 22.7 Å². The molecule has 0 saturated carbocycles. The largest absolute Gasteiger partial charge is 0.495 e. The van der Waals surface area contributed by atoms with Crippen LogP contribution in [0.1, 0.15) is 11.3 Å². The quantitative estimate of drug-likeness (QED) is 0.924. The second kappa shape index (κ2) is 4.98. The third-order valence-corrected chi connectivity index (χ3v) is 3.63. The van der Waals surface area contributed by atoms with Crippen molar-refractivity contribution in [2.75, 3.05) is 12.4 Å². The summed E-state index contributed by atoms with van der Waals surface area (Å²) < 4.78 is 44.1. The molecule has 1 aromatic heterocycles. The third kappa shape index (κ3) is 2.55. The van der Waals surface area contributed by atoms with Crippen LogP contribution >= 0.6 is 0 Å². The molecule has 7 heteroatoms. The Morgan fingerprint density at radius 1 is 1.29 bits per heavy atom. The molecule has 0 aliphatic rings. The van der Waals surface area contributed by atoms with Gasteiger partial charge in [-0.25, -0.2) is 0 Å². The van der Waals surface area contributed by atoms with E-state index >= 15 is 0 Å². The van der Waals surface area contributed by atoms with E-state index in [0.29, 0.717) is 0 Å². The molecule has 0 fully saturated rings. The molecule has 21 heavy (non-hydrogen) atoms. The van der Waals surface area contributed by atoms with Gasteiger partial charge < -0.3 is 14.6 Å². The highest BCUT2D eigenvalue weighted by atomic mass is 19.4. The van der Waals surface area contributed by atoms with Gasteiger partial charge in [-0.05, 0) is 31.5 Å². The first kappa shape index (κ1) is 15.2. The van der Waals surface area contributed by atoms with E-state index in [1.54, 1.807) is 6.07 Å². The van der Waals surface area contributed by atoms with E-state index in [0.717, 1.165) is 22.2 Å². The maximum atomic E-state index is 12.4. The van der Waals surface area contributed by atoms with Gasteiger partial charge in [0.05, 0.1) is 18.3 Å². The Kier molecular flexibility index (Phi) is 3.61. The number of halogens is 3. The number of carbonyl (C=O) groups excluding carboxylic acids is 1. The normalized spacial score (nSPS) is 11.8. The number of nitrogens with one attached hydrogen (secondary N) is 1. The third-order valence-electron chi connectivity index (χ3n) is 3.63. The molecule has 0 radical (unpaired) electrons. The van der Waals surface area contributed by atoms with Crippen LogP contribution in [0.25, 0.3) is 10.9 Å². The predicted octanol–water partition coefficient (Wildman–Crippen LogP) is 3.30. The lowest BCUT2D eigenvalue weighted by atomic mass is 10.1. The van der Waals surface area contributed by atoms with Gasteiger partial charge in [0.15, 0.2) is 0 Å². The number of hydrogen-bond acceptors (Lipinski definition) is 2. The second-order valence-electron chi connectivity index (χ2n) is 4.79. The van der Waals surface area contributed by atoms with E-state index in [1.807, 2.05) is 30.8 Å². The van der Waals surface area contributed by atoms with Crippen LogP contribution in [0, 0.1) is 13.8 Å². The van der Waals surface area contributed by atoms with Crippen molar-refractivity contribution in [3.8, 4) is 5.75 Å². The number of amides is 1. The summed E-state index contributed by atoms with van der Waals surface area (Å²) in [6.07, 6.45) is -4.94. The number of methoxy groups -OCH3 is 1. The molecule has 2 rings (SSSR count). The number of rotatable bonds is 2. The highest BCUT2D eigenvalue weighted by Crippen LogP contribution is 2.35. The molecule has 1 amide bonds. The molecule has 0 aliphatic carbocycles. The number of carbonyl (C=O) groups is 1. The second-order valence-corrected chi connectivity index (χ2v) is 4.79. The number of ether oxygens (including phenoxy) is 1. The van der Waals surface area contributed by atoms with E-state index in [1.165, 1.54) is 13.2 Å². The summed E-state index contributed by atoms with van der Waals surface area (Å²) in [6, 6.07) is 3.11. The summed E-state index contributed by atoms with van der Waals surface area (Å²) in [5, 5.41) is 2.72. The molecule has 0 saturated heterocycles. The van der Waals surface area contributed by atoms with Crippen LogP contribution in [0.4, 0.5) is 18.9 Å². The molecular formula is C14H15F3N2O2. The minimum Gasteiger partial charge on any atom is -0.495 e. The molecule has 4 nitrogen and oxygen atoms in total. The molecule has 114 valence electrons. The van der Waals surface area contributed by atoms with Crippen LogP contribution in [0.5, 0.6) is 5.75 Å². The van der Waals surface area contributed by atoms with Crippen molar-refractivity contribution in [3.05, 3.63) is 23.4 Å². The number of nitrogens with zero attached hydrogens (tertiary/aromatic N) is 1. The fourth-order valence-electron chi connectivity index (χ4n) is 2.23. The average Bonchev–Trinajstić information content (AvgIpc) is 2.62. The predicted molar refractivity (Wildman–Crippen MR) is 73.6 cm³/mol. The number of aryl methyl sites for hydroxylation is 2. The molecule has 0 unspecified atom stereocenters. The molecule has 1 heterocycles. The number of benzene rings is 1. The Morgan fingerprint density at radius 3 is 2.43 bits per heavy atom. The van der Waals surface area contributed by atoms with Crippen LogP contribution in [-0.4, -0.2) is 23.8 Å². The fourth-order valence-corrected chi connectivity index (χ4v) is 2.23. The van der Waals surface area contributed by atoms with Gasteiger partial charge in [-0.2, -0.15) is 13.2 Å². The number of hydrogen-bond donors (Lipinski definition) is 1. The lowest BCUT2D eigenvalue weighted by Gasteiger charge is -2.12. The smallest absolute Gasteiger partial charge is 0.471 e. The van der Waals surface area contributed by atoms with Crippen LogP contribution in [0.15, 0.2) is 12.1 Å². The monoisotopic (exact) mass is 300 g/mol. The van der Waals surface area contributed by atoms with Crippen molar-refractivity contribution >= 4 is 22.5 Å². The SMILES string of the molecule is COc1cc2c(C)c(C)n(C)c2cc1NC(=O)C(F)(F)F.